The molecular weight excluding hydrogens is 286 g/mol. The average molecular weight is 311 g/mol. The van der Waals surface area contributed by atoms with Gasteiger partial charge in [-0.25, -0.2) is 4.99 Å². The van der Waals surface area contributed by atoms with E-state index in [1.807, 2.05) is 18.2 Å². The van der Waals surface area contributed by atoms with Crippen LogP contribution in [0, 0.1) is 0 Å². The number of aliphatic imine (C=N–C) groups is 1. The first kappa shape index (κ1) is 16.9. The zero-order valence-electron chi connectivity index (χ0n) is 13.8. The molecular formula is C19H25N3O. The van der Waals surface area contributed by atoms with E-state index in [-0.39, 0.29) is 5.75 Å². The maximum Gasteiger partial charge on any atom is 0.191 e. The molecule has 4 nitrogen and oxygen atoms in total. The van der Waals surface area contributed by atoms with Gasteiger partial charge in [0.1, 0.15) is 5.75 Å². The predicted octanol–water partition coefficient (Wildman–Crippen LogP) is 3.25. The minimum Gasteiger partial charge on any atom is -0.508 e. The van der Waals surface area contributed by atoms with Crippen molar-refractivity contribution < 1.29 is 5.11 Å². The highest BCUT2D eigenvalue weighted by atomic mass is 16.3. The van der Waals surface area contributed by atoms with Crippen LogP contribution in [0.15, 0.2) is 59.6 Å². The minimum absolute atomic E-state index is 0.277. The zero-order valence-corrected chi connectivity index (χ0v) is 13.8. The molecule has 0 aliphatic heterocycles. The van der Waals surface area contributed by atoms with Crippen molar-refractivity contribution in [1.29, 1.82) is 0 Å². The smallest absolute Gasteiger partial charge is 0.191 e. The number of aromatic hydroxyl groups is 1. The molecule has 0 bridgehead atoms. The molecule has 0 saturated heterocycles. The summed E-state index contributed by atoms with van der Waals surface area (Å²) in [6, 6.07) is 17.6. The normalized spacial score (nSPS) is 12.7. The van der Waals surface area contributed by atoms with E-state index in [0.717, 1.165) is 24.6 Å². The summed E-state index contributed by atoms with van der Waals surface area (Å²) in [6.45, 7) is 6.48. The second-order valence-corrected chi connectivity index (χ2v) is 5.55. The Hall–Kier alpha value is -2.49. The number of rotatable bonds is 6. The van der Waals surface area contributed by atoms with Gasteiger partial charge in [0, 0.05) is 13.1 Å². The van der Waals surface area contributed by atoms with Gasteiger partial charge in [-0.3, -0.25) is 0 Å². The third kappa shape index (κ3) is 5.66. The SMILES string of the molecule is CCNC(=NCc1ccc(O)cc1)NCC(C)c1ccccc1. The highest BCUT2D eigenvalue weighted by Gasteiger charge is 2.06. The monoisotopic (exact) mass is 311 g/mol. The molecule has 0 saturated carbocycles. The van der Waals surface area contributed by atoms with Gasteiger partial charge in [0.25, 0.3) is 0 Å². The fraction of sp³-hybridized carbons (Fsp3) is 0.316. The second kappa shape index (κ2) is 8.83. The van der Waals surface area contributed by atoms with Crippen LogP contribution in [0.5, 0.6) is 5.75 Å². The maximum absolute atomic E-state index is 9.31. The van der Waals surface area contributed by atoms with Gasteiger partial charge in [0.2, 0.25) is 0 Å². The van der Waals surface area contributed by atoms with Crippen molar-refractivity contribution in [1.82, 2.24) is 10.6 Å². The minimum atomic E-state index is 0.277. The van der Waals surface area contributed by atoms with E-state index in [9.17, 15) is 5.11 Å². The predicted molar refractivity (Wildman–Crippen MR) is 95.8 cm³/mol. The van der Waals surface area contributed by atoms with Crippen molar-refractivity contribution in [2.45, 2.75) is 26.3 Å². The van der Waals surface area contributed by atoms with Gasteiger partial charge in [-0.05, 0) is 36.1 Å². The van der Waals surface area contributed by atoms with Crippen molar-refractivity contribution in [3.8, 4) is 5.75 Å². The molecule has 0 spiro atoms. The topological polar surface area (TPSA) is 56.7 Å². The van der Waals surface area contributed by atoms with Gasteiger partial charge >= 0.3 is 0 Å². The molecule has 0 aliphatic rings. The van der Waals surface area contributed by atoms with Gasteiger partial charge in [-0.1, -0.05) is 49.4 Å². The van der Waals surface area contributed by atoms with Crippen LogP contribution >= 0.6 is 0 Å². The molecule has 2 aromatic rings. The van der Waals surface area contributed by atoms with Crippen molar-refractivity contribution in [2.24, 2.45) is 4.99 Å². The number of nitrogens with one attached hydrogen (secondary N) is 2. The van der Waals surface area contributed by atoms with Crippen LogP contribution in [0.2, 0.25) is 0 Å². The molecule has 0 amide bonds. The van der Waals surface area contributed by atoms with Gasteiger partial charge in [0.15, 0.2) is 5.96 Å². The Kier molecular flexibility index (Phi) is 6.48. The summed E-state index contributed by atoms with van der Waals surface area (Å²) >= 11 is 0. The summed E-state index contributed by atoms with van der Waals surface area (Å²) < 4.78 is 0. The number of hydrogen-bond donors (Lipinski definition) is 3. The molecule has 2 aromatic carbocycles. The molecule has 0 radical (unpaired) electrons. The van der Waals surface area contributed by atoms with Crippen LogP contribution in [-0.2, 0) is 6.54 Å². The average Bonchev–Trinajstić information content (AvgIpc) is 2.59. The Bertz CT molecular complexity index is 608. The fourth-order valence-electron chi connectivity index (χ4n) is 2.26. The zero-order chi connectivity index (χ0) is 16.5. The molecule has 0 fully saturated rings. The van der Waals surface area contributed by atoms with Crippen LogP contribution < -0.4 is 10.6 Å². The van der Waals surface area contributed by atoms with E-state index in [2.05, 4.69) is 53.7 Å². The highest BCUT2D eigenvalue weighted by molar-refractivity contribution is 5.79. The standard InChI is InChI=1S/C19H25N3O/c1-3-20-19(22-14-16-9-11-18(23)12-10-16)21-13-15(2)17-7-5-4-6-8-17/h4-12,15,23H,3,13-14H2,1-2H3,(H2,20,21,22). The first-order chi connectivity index (χ1) is 11.2. The van der Waals surface area contributed by atoms with Gasteiger partial charge in [-0.2, -0.15) is 0 Å². The van der Waals surface area contributed by atoms with Crippen molar-refractivity contribution >= 4 is 5.96 Å². The van der Waals surface area contributed by atoms with Crippen LogP contribution in [-0.4, -0.2) is 24.2 Å². The van der Waals surface area contributed by atoms with Crippen LogP contribution in [0.3, 0.4) is 0 Å². The summed E-state index contributed by atoms with van der Waals surface area (Å²) in [7, 11) is 0. The van der Waals surface area contributed by atoms with Crippen LogP contribution in [0.4, 0.5) is 0 Å². The Labute approximate surface area is 138 Å². The third-order valence-corrected chi connectivity index (χ3v) is 3.64. The van der Waals surface area contributed by atoms with Crippen LogP contribution in [0.25, 0.3) is 0 Å². The summed E-state index contributed by atoms with van der Waals surface area (Å²) in [4.78, 5) is 4.59. The first-order valence-electron chi connectivity index (χ1n) is 8.04. The van der Waals surface area contributed by atoms with E-state index in [4.69, 9.17) is 0 Å². The number of phenols is 1. The van der Waals surface area contributed by atoms with Crippen molar-refractivity contribution in [2.75, 3.05) is 13.1 Å². The fourth-order valence-corrected chi connectivity index (χ4v) is 2.26. The van der Waals surface area contributed by atoms with Gasteiger partial charge < -0.3 is 15.7 Å². The largest absolute Gasteiger partial charge is 0.508 e. The van der Waals surface area contributed by atoms with E-state index in [1.165, 1.54) is 5.56 Å². The number of phenolic OH excluding ortho intramolecular Hbond substituents is 1. The molecule has 0 heterocycles. The Balaban J connectivity index is 1.92. The summed E-state index contributed by atoms with van der Waals surface area (Å²) in [5.41, 5.74) is 2.38. The lowest BCUT2D eigenvalue weighted by Crippen LogP contribution is -2.39. The lowest BCUT2D eigenvalue weighted by atomic mass is 10.0. The molecule has 1 atom stereocenters. The Morgan fingerprint density at radius 3 is 2.39 bits per heavy atom. The molecule has 3 N–H and O–H groups in total. The lowest BCUT2D eigenvalue weighted by Gasteiger charge is -2.16. The number of benzene rings is 2. The molecule has 1 unspecified atom stereocenters. The second-order valence-electron chi connectivity index (χ2n) is 5.55. The summed E-state index contributed by atoms with van der Waals surface area (Å²) in [5, 5.41) is 16.0. The Morgan fingerprint density at radius 1 is 1.04 bits per heavy atom. The first-order valence-corrected chi connectivity index (χ1v) is 8.04. The van der Waals surface area contributed by atoms with Gasteiger partial charge in [0.05, 0.1) is 6.54 Å². The van der Waals surface area contributed by atoms with Crippen molar-refractivity contribution in [3.05, 3.63) is 65.7 Å². The van der Waals surface area contributed by atoms with E-state index < -0.39 is 0 Å². The van der Waals surface area contributed by atoms with Crippen molar-refractivity contribution in [3.63, 3.8) is 0 Å². The lowest BCUT2D eigenvalue weighted by molar-refractivity contribution is 0.475. The molecule has 23 heavy (non-hydrogen) atoms. The molecule has 122 valence electrons. The highest BCUT2D eigenvalue weighted by Crippen LogP contribution is 2.13. The van der Waals surface area contributed by atoms with Gasteiger partial charge in [-0.15, -0.1) is 0 Å². The molecule has 2 rings (SSSR count). The van der Waals surface area contributed by atoms with E-state index in [1.54, 1.807) is 12.1 Å². The maximum atomic E-state index is 9.31. The molecule has 0 aliphatic carbocycles. The summed E-state index contributed by atoms with van der Waals surface area (Å²) in [6.07, 6.45) is 0. The number of nitrogens with zero attached hydrogens (tertiary/aromatic N) is 1. The third-order valence-electron chi connectivity index (χ3n) is 3.64. The quantitative estimate of drug-likeness (QED) is 0.567. The molecule has 4 heteroatoms. The van der Waals surface area contributed by atoms with Crippen LogP contribution in [0.1, 0.15) is 30.9 Å². The molecule has 0 aromatic heterocycles. The Morgan fingerprint density at radius 2 is 1.74 bits per heavy atom. The van der Waals surface area contributed by atoms with E-state index in [0.29, 0.717) is 12.5 Å². The summed E-state index contributed by atoms with van der Waals surface area (Å²) in [5.74, 6) is 1.50. The number of hydrogen-bond acceptors (Lipinski definition) is 2. The number of guanidine groups is 1. The van der Waals surface area contributed by atoms with E-state index >= 15 is 0 Å².